The lowest BCUT2D eigenvalue weighted by Crippen LogP contribution is -2.32. The fraction of sp³-hybridized carbons (Fsp3) is 0.867. The zero-order valence-electron chi connectivity index (χ0n) is 11.8. The first-order chi connectivity index (χ1) is 7.83. The van der Waals surface area contributed by atoms with Gasteiger partial charge in [0.15, 0.2) is 0 Å². The summed E-state index contributed by atoms with van der Waals surface area (Å²) >= 11 is 0. The second-order valence-electron chi connectivity index (χ2n) is 6.93. The van der Waals surface area contributed by atoms with E-state index < -0.39 is 7.14 Å². The van der Waals surface area contributed by atoms with Crippen LogP contribution in [0.2, 0.25) is 0 Å². The fourth-order valence-corrected chi connectivity index (χ4v) is 4.55. The summed E-state index contributed by atoms with van der Waals surface area (Å²) in [6.07, 6.45) is 9.87. The molecule has 0 saturated heterocycles. The van der Waals surface area contributed by atoms with Crippen molar-refractivity contribution < 1.29 is 4.57 Å². The molecule has 2 aliphatic carbocycles. The molecule has 0 aromatic heterocycles. The van der Waals surface area contributed by atoms with Gasteiger partial charge in [0.25, 0.3) is 0 Å². The summed E-state index contributed by atoms with van der Waals surface area (Å²) in [6, 6.07) is 0. The van der Waals surface area contributed by atoms with Gasteiger partial charge in [0.1, 0.15) is 0 Å². The largest absolute Gasteiger partial charge is 0.324 e. The minimum absolute atomic E-state index is 0.537. The van der Waals surface area contributed by atoms with Crippen molar-refractivity contribution in [2.45, 2.75) is 46.0 Å². The molecule has 0 heterocycles. The van der Waals surface area contributed by atoms with Crippen LogP contribution in [0.5, 0.6) is 0 Å². The molecule has 0 spiro atoms. The summed E-state index contributed by atoms with van der Waals surface area (Å²) in [6.45, 7) is 8.72. The summed E-state index contributed by atoms with van der Waals surface area (Å²) in [4.78, 5) is 0. The molecule has 98 valence electrons. The Morgan fingerprint density at radius 1 is 1.41 bits per heavy atom. The van der Waals surface area contributed by atoms with E-state index in [1.165, 1.54) is 32.1 Å². The Kier molecular flexibility index (Phi) is 3.61. The molecule has 0 radical (unpaired) electrons. The molecule has 0 aliphatic heterocycles. The average molecular weight is 254 g/mol. The van der Waals surface area contributed by atoms with Gasteiger partial charge in [-0.2, -0.15) is 0 Å². The molecule has 17 heavy (non-hydrogen) atoms. The summed E-state index contributed by atoms with van der Waals surface area (Å²) < 4.78 is 11.8. The van der Waals surface area contributed by atoms with E-state index in [1.807, 2.05) is 13.3 Å². The van der Waals surface area contributed by atoms with Crippen LogP contribution in [-0.4, -0.2) is 19.5 Å². The van der Waals surface area contributed by atoms with Gasteiger partial charge in [-0.25, -0.2) is 0 Å². The van der Waals surface area contributed by atoms with E-state index in [0.717, 1.165) is 18.0 Å². The zero-order valence-corrected chi connectivity index (χ0v) is 12.7. The number of hydrogen-bond acceptors (Lipinski definition) is 1. The lowest BCUT2D eigenvalue weighted by Gasteiger charge is -2.41. The van der Waals surface area contributed by atoms with E-state index in [1.54, 1.807) is 5.57 Å². The Hall–Kier alpha value is -0.0300. The molecule has 0 N–H and O–H groups in total. The Labute approximate surface area is 106 Å². The Morgan fingerprint density at radius 3 is 2.76 bits per heavy atom. The van der Waals surface area contributed by atoms with Crippen LogP contribution in [0.3, 0.4) is 0 Å². The summed E-state index contributed by atoms with van der Waals surface area (Å²) in [5.41, 5.74) is 2.17. The van der Waals surface area contributed by atoms with Crippen molar-refractivity contribution in [3.63, 3.8) is 0 Å². The van der Waals surface area contributed by atoms with Gasteiger partial charge in [-0.3, -0.25) is 0 Å². The maximum Gasteiger partial charge on any atom is 0.0855 e. The van der Waals surface area contributed by atoms with Crippen molar-refractivity contribution in [2.24, 2.45) is 17.3 Å². The van der Waals surface area contributed by atoms with Crippen LogP contribution in [-0.2, 0) is 4.57 Å². The predicted molar refractivity (Wildman–Crippen MR) is 76.3 cm³/mol. The smallest absolute Gasteiger partial charge is 0.0855 e. The molecule has 0 aromatic carbocycles. The van der Waals surface area contributed by atoms with E-state index >= 15 is 0 Å². The molecular weight excluding hydrogens is 227 g/mol. The maximum absolute atomic E-state index is 11.8. The normalized spacial score (nSPS) is 40.6. The number of fused-ring (bicyclic) bond motifs is 1. The lowest BCUT2D eigenvalue weighted by molar-refractivity contribution is 0.146. The minimum Gasteiger partial charge on any atom is -0.324 e. The Balaban J connectivity index is 2.17. The van der Waals surface area contributed by atoms with Crippen LogP contribution >= 0.6 is 7.14 Å². The lowest BCUT2D eigenvalue weighted by atomic mass is 9.64. The van der Waals surface area contributed by atoms with E-state index in [9.17, 15) is 4.57 Å². The molecule has 0 bridgehead atoms. The van der Waals surface area contributed by atoms with Gasteiger partial charge < -0.3 is 4.57 Å². The van der Waals surface area contributed by atoms with Crippen LogP contribution in [0.4, 0.5) is 0 Å². The third-order valence-corrected chi connectivity index (χ3v) is 6.29. The molecule has 2 fully saturated rings. The molecule has 2 rings (SSSR count). The van der Waals surface area contributed by atoms with Gasteiger partial charge in [0.2, 0.25) is 0 Å². The van der Waals surface area contributed by atoms with Gasteiger partial charge >= 0.3 is 0 Å². The SMILES string of the molecule is CC1CC[C@H]2/C(=C/CP(C)(C)=O)CCC[C@]12C. The van der Waals surface area contributed by atoms with Crippen molar-refractivity contribution in [3.8, 4) is 0 Å². The van der Waals surface area contributed by atoms with Crippen molar-refractivity contribution in [2.75, 3.05) is 19.5 Å². The predicted octanol–water partition coefficient (Wildman–Crippen LogP) is 4.77. The van der Waals surface area contributed by atoms with Crippen LogP contribution in [0.1, 0.15) is 46.0 Å². The first kappa shape index (κ1) is 13.4. The van der Waals surface area contributed by atoms with Gasteiger partial charge in [0, 0.05) is 6.16 Å². The molecule has 2 aliphatic rings. The van der Waals surface area contributed by atoms with Crippen LogP contribution in [0, 0.1) is 17.3 Å². The maximum atomic E-state index is 11.8. The third-order valence-electron chi connectivity index (χ3n) is 5.23. The molecule has 1 nitrogen and oxygen atoms in total. The Bertz CT molecular complexity index is 365. The number of rotatable bonds is 2. The Morgan fingerprint density at radius 2 is 2.12 bits per heavy atom. The van der Waals surface area contributed by atoms with Crippen molar-refractivity contribution in [1.29, 1.82) is 0 Å². The first-order valence-corrected chi connectivity index (χ1v) is 9.84. The second kappa shape index (κ2) is 4.57. The van der Waals surface area contributed by atoms with E-state index in [4.69, 9.17) is 0 Å². The highest BCUT2D eigenvalue weighted by Crippen LogP contribution is 2.57. The third kappa shape index (κ3) is 2.70. The molecule has 0 aromatic rings. The van der Waals surface area contributed by atoms with Gasteiger partial charge in [-0.1, -0.05) is 25.5 Å². The van der Waals surface area contributed by atoms with E-state index in [2.05, 4.69) is 19.9 Å². The average Bonchev–Trinajstić information content (AvgIpc) is 2.52. The molecule has 1 unspecified atom stereocenters. The summed E-state index contributed by atoms with van der Waals surface area (Å²) in [5.74, 6) is 1.66. The quantitative estimate of drug-likeness (QED) is 0.512. The molecular formula is C15H27OP. The summed E-state index contributed by atoms with van der Waals surface area (Å²) in [7, 11) is -1.88. The fourth-order valence-electron chi connectivity index (χ4n) is 3.88. The first-order valence-electron chi connectivity index (χ1n) is 7.06. The minimum atomic E-state index is -1.88. The molecule has 3 atom stereocenters. The van der Waals surface area contributed by atoms with E-state index in [-0.39, 0.29) is 0 Å². The molecule has 0 amide bonds. The molecule has 2 heteroatoms. The highest BCUT2D eigenvalue weighted by atomic mass is 31.2. The van der Waals surface area contributed by atoms with Crippen molar-refractivity contribution >= 4 is 7.14 Å². The van der Waals surface area contributed by atoms with Gasteiger partial charge in [-0.05, 0) is 62.7 Å². The zero-order chi connectivity index (χ0) is 12.7. The second-order valence-corrected chi connectivity index (χ2v) is 10.4. The topological polar surface area (TPSA) is 17.1 Å². The van der Waals surface area contributed by atoms with E-state index in [0.29, 0.717) is 5.41 Å². The molecule has 2 saturated carbocycles. The van der Waals surface area contributed by atoms with Crippen LogP contribution in [0.25, 0.3) is 0 Å². The number of hydrogen-bond donors (Lipinski definition) is 0. The van der Waals surface area contributed by atoms with Gasteiger partial charge in [-0.15, -0.1) is 0 Å². The van der Waals surface area contributed by atoms with Crippen molar-refractivity contribution in [3.05, 3.63) is 11.6 Å². The van der Waals surface area contributed by atoms with Crippen LogP contribution < -0.4 is 0 Å². The monoisotopic (exact) mass is 254 g/mol. The highest BCUT2D eigenvalue weighted by molar-refractivity contribution is 7.62. The highest BCUT2D eigenvalue weighted by Gasteiger charge is 2.46. The standard InChI is InChI=1S/C15H27OP/c1-12-7-8-14-13(9-11-17(3,4)16)6-5-10-15(12,14)2/h9,12,14H,5-8,10-11H2,1-4H3/b13-9+/t12?,14-,15+/m0/s1. The van der Waals surface area contributed by atoms with Gasteiger partial charge in [0.05, 0.1) is 7.14 Å². The van der Waals surface area contributed by atoms with Crippen molar-refractivity contribution in [1.82, 2.24) is 0 Å². The summed E-state index contributed by atoms with van der Waals surface area (Å²) in [5, 5.41) is 0. The number of allylic oxidation sites excluding steroid dienone is 2. The van der Waals surface area contributed by atoms with Crippen LogP contribution in [0.15, 0.2) is 11.6 Å².